The molecule has 172 valence electrons. The van der Waals surface area contributed by atoms with E-state index in [1.165, 1.54) is 6.42 Å². The van der Waals surface area contributed by atoms with Crippen molar-refractivity contribution >= 4 is 17.5 Å². The van der Waals surface area contributed by atoms with Crippen molar-refractivity contribution < 1.29 is 18.7 Å². The Morgan fingerprint density at radius 3 is 2.42 bits per heavy atom. The number of hydrogen-bond donors (Lipinski definition) is 0. The number of furan rings is 1. The predicted molar refractivity (Wildman–Crippen MR) is 126 cm³/mol. The first-order chi connectivity index (χ1) is 16.0. The minimum Gasteiger partial charge on any atom is -0.466 e. The number of rotatable bonds is 4. The molecule has 2 saturated carbocycles. The van der Waals surface area contributed by atoms with Crippen LogP contribution in [-0.4, -0.2) is 23.6 Å². The number of ketones is 1. The maximum Gasteiger partial charge on any atom is 0.336 e. The third-order valence-electron chi connectivity index (χ3n) is 7.34. The molecule has 33 heavy (non-hydrogen) atoms. The summed E-state index contributed by atoms with van der Waals surface area (Å²) in [6, 6.07) is 13.9. The summed E-state index contributed by atoms with van der Waals surface area (Å²) in [5.74, 6) is 0.321. The number of carbonyl (C=O) groups is 2. The molecule has 2 aliphatic carbocycles. The Bertz CT molecular complexity index is 1100. The molecule has 5 nitrogen and oxygen atoms in total. The zero-order valence-electron chi connectivity index (χ0n) is 19.4. The van der Waals surface area contributed by atoms with Crippen LogP contribution in [0.1, 0.15) is 80.8 Å². The molecule has 1 aromatic carbocycles. The Morgan fingerprint density at radius 1 is 0.970 bits per heavy atom. The van der Waals surface area contributed by atoms with E-state index < -0.39 is 11.8 Å². The van der Waals surface area contributed by atoms with Gasteiger partial charge in [-0.3, -0.25) is 9.79 Å². The summed E-state index contributed by atoms with van der Waals surface area (Å²) in [4.78, 5) is 31.8. The Kier molecular flexibility index (Phi) is 6.05. The lowest BCUT2D eigenvalue weighted by atomic mass is 9.67. The van der Waals surface area contributed by atoms with Crippen LogP contribution < -0.4 is 0 Å². The summed E-state index contributed by atoms with van der Waals surface area (Å²) in [6.07, 6.45) is 6.25. The summed E-state index contributed by atoms with van der Waals surface area (Å²) >= 11 is 0. The van der Waals surface area contributed by atoms with Crippen LogP contribution in [0, 0.1) is 12.8 Å². The molecule has 2 aromatic rings. The van der Waals surface area contributed by atoms with Crippen LogP contribution >= 0.6 is 0 Å². The van der Waals surface area contributed by atoms with Gasteiger partial charge in [0.2, 0.25) is 0 Å². The Hall–Kier alpha value is -2.95. The first-order valence-corrected chi connectivity index (χ1v) is 12.1. The zero-order chi connectivity index (χ0) is 22.9. The van der Waals surface area contributed by atoms with Gasteiger partial charge in [-0.2, -0.15) is 0 Å². The highest BCUT2D eigenvalue weighted by Gasteiger charge is 2.47. The van der Waals surface area contributed by atoms with Crippen molar-refractivity contribution in [1.29, 1.82) is 0 Å². The summed E-state index contributed by atoms with van der Waals surface area (Å²) < 4.78 is 11.9. The highest BCUT2D eigenvalue weighted by atomic mass is 16.5. The van der Waals surface area contributed by atoms with Crippen LogP contribution in [0.25, 0.3) is 0 Å². The second-order valence-electron chi connectivity index (χ2n) is 9.65. The Balaban J connectivity index is 1.52. The van der Waals surface area contributed by atoms with Crippen molar-refractivity contribution in [1.82, 2.24) is 0 Å². The van der Waals surface area contributed by atoms with Gasteiger partial charge < -0.3 is 9.15 Å². The van der Waals surface area contributed by atoms with Crippen molar-refractivity contribution in [2.45, 2.75) is 76.7 Å². The number of hydrogen-bond acceptors (Lipinski definition) is 5. The molecule has 0 N–H and O–H groups in total. The number of nitrogens with zero attached hydrogens (tertiary/aromatic N) is 1. The molecule has 0 radical (unpaired) electrons. The number of aliphatic imine (C=N–C) groups is 1. The second kappa shape index (κ2) is 9.12. The fraction of sp³-hybridized carbons (Fsp3) is 0.464. The first-order valence-electron chi connectivity index (χ1n) is 12.1. The highest BCUT2D eigenvalue weighted by molar-refractivity contribution is 6.12. The molecule has 0 amide bonds. The Morgan fingerprint density at radius 2 is 1.73 bits per heavy atom. The molecule has 5 rings (SSSR count). The molecule has 2 fully saturated rings. The van der Waals surface area contributed by atoms with E-state index in [4.69, 9.17) is 14.1 Å². The topological polar surface area (TPSA) is 68.9 Å². The molecule has 0 bridgehead atoms. The molecule has 0 spiro atoms. The van der Waals surface area contributed by atoms with Gasteiger partial charge in [0.1, 0.15) is 23.4 Å². The van der Waals surface area contributed by atoms with Gasteiger partial charge in [-0.15, -0.1) is 0 Å². The van der Waals surface area contributed by atoms with Crippen LogP contribution in [0.4, 0.5) is 0 Å². The van der Waals surface area contributed by atoms with Crippen molar-refractivity contribution in [3.63, 3.8) is 0 Å². The van der Waals surface area contributed by atoms with Gasteiger partial charge in [-0.25, -0.2) is 4.79 Å². The normalized spacial score (nSPS) is 26.1. The van der Waals surface area contributed by atoms with E-state index >= 15 is 0 Å². The zero-order valence-corrected chi connectivity index (χ0v) is 19.4. The van der Waals surface area contributed by atoms with E-state index in [9.17, 15) is 9.59 Å². The van der Waals surface area contributed by atoms with E-state index in [2.05, 4.69) is 12.1 Å². The number of benzene rings is 1. The number of carbonyl (C=O) groups excluding carboxylic acids is 2. The van der Waals surface area contributed by atoms with Gasteiger partial charge in [0.05, 0.1) is 17.4 Å². The van der Waals surface area contributed by atoms with Crippen molar-refractivity contribution in [3.8, 4) is 0 Å². The number of Topliss-reactive ketones (excluding diaryl/α,β-unsaturated/α-hetero) is 1. The van der Waals surface area contributed by atoms with E-state index in [1.807, 2.05) is 44.2 Å². The number of esters is 1. The molecule has 1 aliphatic heterocycles. The summed E-state index contributed by atoms with van der Waals surface area (Å²) in [6.45, 7) is 3.74. The van der Waals surface area contributed by atoms with Crippen LogP contribution in [0.5, 0.6) is 0 Å². The average Bonchev–Trinajstić information content (AvgIpc) is 3.25. The van der Waals surface area contributed by atoms with Gasteiger partial charge in [-0.1, -0.05) is 36.8 Å². The van der Waals surface area contributed by atoms with Crippen LogP contribution in [0.3, 0.4) is 0 Å². The van der Waals surface area contributed by atoms with E-state index in [0.717, 1.165) is 42.7 Å². The standard InChI is InChI=1S/C28H31NO4/c1-17-13-14-24(32-17)27-25(28(31)33-21-11-7-4-8-12-21)18(2)29-22-15-20(16-23(30)26(22)27)19-9-5-3-6-10-19/h3,5-6,9-10,13-14,20-21,26-27H,4,7-8,11-12,15-16H2,1-2H3/t20-,26?,27+/m1/s1. The van der Waals surface area contributed by atoms with Crippen molar-refractivity contribution in [3.05, 3.63) is 70.8 Å². The molecular weight excluding hydrogens is 414 g/mol. The first kappa shape index (κ1) is 21.9. The van der Waals surface area contributed by atoms with Gasteiger partial charge in [-0.05, 0) is 69.6 Å². The summed E-state index contributed by atoms with van der Waals surface area (Å²) in [7, 11) is 0. The monoisotopic (exact) mass is 445 g/mol. The summed E-state index contributed by atoms with van der Waals surface area (Å²) in [5, 5.41) is 0. The predicted octanol–water partition coefficient (Wildman–Crippen LogP) is 6.04. The lowest BCUT2D eigenvalue weighted by molar-refractivity contribution is -0.146. The second-order valence-corrected chi connectivity index (χ2v) is 9.65. The number of ether oxygens (including phenoxy) is 1. The molecule has 2 heterocycles. The number of aryl methyl sites for hydroxylation is 1. The smallest absolute Gasteiger partial charge is 0.336 e. The third-order valence-corrected chi connectivity index (χ3v) is 7.34. The van der Waals surface area contributed by atoms with Crippen LogP contribution in [-0.2, 0) is 14.3 Å². The van der Waals surface area contributed by atoms with Crippen molar-refractivity contribution in [2.75, 3.05) is 0 Å². The minimum atomic E-state index is -0.480. The molecule has 0 saturated heterocycles. The van der Waals surface area contributed by atoms with Gasteiger partial charge in [0.15, 0.2) is 0 Å². The molecular formula is C28H31NO4. The minimum absolute atomic E-state index is 0.0552. The maximum atomic E-state index is 13.6. The lowest BCUT2D eigenvalue weighted by Gasteiger charge is -2.37. The average molecular weight is 446 g/mol. The third kappa shape index (κ3) is 4.33. The van der Waals surface area contributed by atoms with E-state index in [1.54, 1.807) is 0 Å². The highest BCUT2D eigenvalue weighted by Crippen LogP contribution is 2.46. The molecule has 3 atom stereocenters. The number of allylic oxidation sites excluding steroid dienone is 1. The van der Waals surface area contributed by atoms with E-state index in [-0.39, 0.29) is 23.8 Å². The van der Waals surface area contributed by atoms with Crippen molar-refractivity contribution in [2.24, 2.45) is 10.9 Å². The SMILES string of the molecule is CC1=C(C(=O)OC2CCCCC2)[C@H](c2ccc(C)o2)C2C(=O)C[C@H](c3ccccc3)CC2=N1. The van der Waals surface area contributed by atoms with Gasteiger partial charge in [0, 0.05) is 17.8 Å². The molecule has 5 heteroatoms. The van der Waals surface area contributed by atoms with Crippen LogP contribution in [0.15, 0.2) is 63.1 Å². The van der Waals surface area contributed by atoms with Gasteiger partial charge >= 0.3 is 5.97 Å². The van der Waals surface area contributed by atoms with Gasteiger partial charge in [0.25, 0.3) is 0 Å². The lowest BCUT2D eigenvalue weighted by Crippen LogP contribution is -2.41. The van der Waals surface area contributed by atoms with Crippen LogP contribution in [0.2, 0.25) is 0 Å². The molecule has 1 aromatic heterocycles. The molecule has 3 aliphatic rings. The number of fused-ring (bicyclic) bond motifs is 1. The van der Waals surface area contributed by atoms with E-state index in [0.29, 0.717) is 29.9 Å². The maximum absolute atomic E-state index is 13.6. The Labute approximate surface area is 194 Å². The fourth-order valence-corrected chi connectivity index (χ4v) is 5.73. The summed E-state index contributed by atoms with van der Waals surface area (Å²) in [5.41, 5.74) is 3.13. The molecule has 1 unspecified atom stereocenters. The largest absolute Gasteiger partial charge is 0.466 e. The quantitative estimate of drug-likeness (QED) is 0.538. The fourth-order valence-electron chi connectivity index (χ4n) is 5.73.